The number of carbonyl (C=O) groups excluding carboxylic acids is 1. The summed E-state index contributed by atoms with van der Waals surface area (Å²) in [6, 6.07) is 0. The first-order chi connectivity index (χ1) is 6.43. The van der Waals surface area contributed by atoms with Crippen molar-refractivity contribution < 1.29 is 29.6 Å². The van der Waals surface area contributed by atoms with Gasteiger partial charge in [-0.3, -0.25) is 4.79 Å². The van der Waals surface area contributed by atoms with Gasteiger partial charge in [-0.1, -0.05) is 0 Å². The fourth-order valence-electron chi connectivity index (χ4n) is 1.34. The van der Waals surface area contributed by atoms with E-state index in [1.807, 2.05) is 0 Å². The molecule has 0 spiro atoms. The van der Waals surface area contributed by atoms with Crippen LogP contribution in [0.5, 0.6) is 0 Å². The van der Waals surface area contributed by atoms with E-state index in [1.165, 1.54) is 6.92 Å². The lowest BCUT2D eigenvalue weighted by atomic mass is 10.00. The van der Waals surface area contributed by atoms with Gasteiger partial charge < -0.3 is 24.8 Å². The van der Waals surface area contributed by atoms with Gasteiger partial charge >= 0.3 is 5.97 Å². The van der Waals surface area contributed by atoms with Gasteiger partial charge in [0.15, 0.2) is 12.4 Å². The van der Waals surface area contributed by atoms with Gasteiger partial charge in [0.25, 0.3) is 0 Å². The van der Waals surface area contributed by atoms with E-state index in [2.05, 4.69) is 4.74 Å². The van der Waals surface area contributed by atoms with Gasteiger partial charge in [0.1, 0.15) is 12.2 Å². The third kappa shape index (κ3) is 2.21. The topological polar surface area (TPSA) is 96.2 Å². The van der Waals surface area contributed by atoms with Crippen molar-refractivity contribution >= 4 is 5.97 Å². The third-order valence-corrected chi connectivity index (χ3v) is 2.10. The first-order valence-corrected chi connectivity index (χ1v) is 4.30. The molecular formula is C8H14O6. The SMILES string of the molecule is CC(=O)O[C@H]1[C@H](O)[C@@H](C)OC(O)[C@H]1O. The van der Waals surface area contributed by atoms with E-state index >= 15 is 0 Å². The lowest BCUT2D eigenvalue weighted by Gasteiger charge is -2.38. The molecule has 1 unspecified atom stereocenters. The van der Waals surface area contributed by atoms with E-state index in [0.717, 1.165) is 6.92 Å². The summed E-state index contributed by atoms with van der Waals surface area (Å²) in [7, 11) is 0. The molecule has 0 aromatic carbocycles. The Balaban J connectivity index is 2.71. The summed E-state index contributed by atoms with van der Waals surface area (Å²) in [5, 5.41) is 28.0. The Bertz CT molecular complexity index is 204. The van der Waals surface area contributed by atoms with Crippen molar-refractivity contribution in [2.75, 3.05) is 0 Å². The fraction of sp³-hybridized carbons (Fsp3) is 0.875. The molecule has 1 rings (SSSR count). The average Bonchev–Trinajstić information content (AvgIpc) is 2.09. The Kier molecular flexibility index (Phi) is 3.43. The van der Waals surface area contributed by atoms with Crippen LogP contribution >= 0.6 is 0 Å². The van der Waals surface area contributed by atoms with E-state index in [9.17, 15) is 20.1 Å². The molecule has 0 radical (unpaired) electrons. The van der Waals surface area contributed by atoms with Gasteiger partial charge in [0.2, 0.25) is 0 Å². The minimum atomic E-state index is -1.45. The molecule has 1 aliphatic rings. The molecule has 0 aromatic rings. The highest BCUT2D eigenvalue weighted by atomic mass is 16.6. The molecule has 1 fully saturated rings. The molecule has 1 aliphatic heterocycles. The van der Waals surface area contributed by atoms with Crippen LogP contribution in [0, 0.1) is 0 Å². The normalized spacial score (nSPS) is 43.4. The molecule has 0 bridgehead atoms. The molecule has 1 heterocycles. The van der Waals surface area contributed by atoms with Gasteiger partial charge in [-0.05, 0) is 6.92 Å². The van der Waals surface area contributed by atoms with E-state index in [4.69, 9.17) is 4.74 Å². The minimum absolute atomic E-state index is 0.630. The summed E-state index contributed by atoms with van der Waals surface area (Å²) >= 11 is 0. The molecule has 5 atom stereocenters. The smallest absolute Gasteiger partial charge is 0.303 e. The predicted molar refractivity (Wildman–Crippen MR) is 44.1 cm³/mol. The van der Waals surface area contributed by atoms with E-state index in [-0.39, 0.29) is 0 Å². The second-order valence-corrected chi connectivity index (χ2v) is 3.29. The van der Waals surface area contributed by atoms with Crippen LogP contribution in [-0.4, -0.2) is 52.0 Å². The second kappa shape index (κ2) is 4.22. The molecule has 82 valence electrons. The van der Waals surface area contributed by atoms with Crippen molar-refractivity contribution in [3.63, 3.8) is 0 Å². The number of carbonyl (C=O) groups is 1. The Hall–Kier alpha value is -0.690. The van der Waals surface area contributed by atoms with Crippen LogP contribution in [0.25, 0.3) is 0 Å². The Morgan fingerprint density at radius 2 is 1.86 bits per heavy atom. The van der Waals surface area contributed by atoms with Gasteiger partial charge in [-0.25, -0.2) is 0 Å². The monoisotopic (exact) mass is 206 g/mol. The zero-order valence-electron chi connectivity index (χ0n) is 7.95. The van der Waals surface area contributed by atoms with Crippen LogP contribution in [0.15, 0.2) is 0 Å². The zero-order valence-corrected chi connectivity index (χ0v) is 7.95. The maximum atomic E-state index is 10.6. The molecule has 14 heavy (non-hydrogen) atoms. The molecule has 6 heteroatoms. The number of rotatable bonds is 1. The molecule has 6 nitrogen and oxygen atoms in total. The largest absolute Gasteiger partial charge is 0.457 e. The van der Waals surface area contributed by atoms with Gasteiger partial charge in [-0.2, -0.15) is 0 Å². The van der Waals surface area contributed by atoms with Gasteiger partial charge in [-0.15, -0.1) is 0 Å². The van der Waals surface area contributed by atoms with Crippen LogP contribution in [0.3, 0.4) is 0 Å². The van der Waals surface area contributed by atoms with Crippen molar-refractivity contribution in [1.29, 1.82) is 0 Å². The van der Waals surface area contributed by atoms with Gasteiger partial charge in [0, 0.05) is 6.92 Å². The maximum Gasteiger partial charge on any atom is 0.303 e. The summed E-state index contributed by atoms with van der Waals surface area (Å²) in [4.78, 5) is 10.6. The summed E-state index contributed by atoms with van der Waals surface area (Å²) in [5.74, 6) is -0.630. The lowest BCUT2D eigenvalue weighted by Crippen LogP contribution is -2.57. The first-order valence-electron chi connectivity index (χ1n) is 4.30. The third-order valence-electron chi connectivity index (χ3n) is 2.10. The standard InChI is InChI=1S/C8H14O6/c1-3-5(10)7(14-4(2)9)6(11)8(12)13-3/h3,5-8,10-12H,1-2H3/t3-,5-,6+,7+,8?/m1/s1. The molecular weight excluding hydrogens is 192 g/mol. The Morgan fingerprint density at radius 3 is 2.36 bits per heavy atom. The van der Waals surface area contributed by atoms with Crippen molar-refractivity contribution in [3.8, 4) is 0 Å². The number of esters is 1. The van der Waals surface area contributed by atoms with Crippen LogP contribution in [0.1, 0.15) is 13.8 Å². The molecule has 1 saturated heterocycles. The maximum absolute atomic E-state index is 10.6. The number of hydrogen-bond acceptors (Lipinski definition) is 6. The summed E-state index contributed by atoms with van der Waals surface area (Å²) in [6.07, 6.45) is -5.86. The Morgan fingerprint density at radius 1 is 1.29 bits per heavy atom. The summed E-state index contributed by atoms with van der Waals surface area (Å²) in [5.41, 5.74) is 0. The minimum Gasteiger partial charge on any atom is -0.457 e. The number of ether oxygens (including phenoxy) is 2. The fourth-order valence-corrected chi connectivity index (χ4v) is 1.34. The average molecular weight is 206 g/mol. The van der Waals surface area contributed by atoms with Crippen LogP contribution in [0.4, 0.5) is 0 Å². The van der Waals surface area contributed by atoms with Crippen LogP contribution in [-0.2, 0) is 14.3 Å². The van der Waals surface area contributed by atoms with Crippen LogP contribution in [0.2, 0.25) is 0 Å². The number of hydrogen-bond donors (Lipinski definition) is 3. The molecule has 0 aliphatic carbocycles. The quantitative estimate of drug-likeness (QED) is 0.446. The van der Waals surface area contributed by atoms with Crippen molar-refractivity contribution in [2.45, 2.75) is 44.6 Å². The summed E-state index contributed by atoms with van der Waals surface area (Å²) < 4.78 is 9.46. The molecule has 0 aromatic heterocycles. The lowest BCUT2D eigenvalue weighted by molar-refractivity contribution is -0.281. The highest BCUT2D eigenvalue weighted by molar-refractivity contribution is 5.66. The molecule has 3 N–H and O–H groups in total. The molecule has 0 saturated carbocycles. The van der Waals surface area contributed by atoms with Gasteiger partial charge in [0.05, 0.1) is 6.10 Å². The molecule has 0 amide bonds. The van der Waals surface area contributed by atoms with E-state index < -0.39 is 36.7 Å². The highest BCUT2D eigenvalue weighted by Crippen LogP contribution is 2.21. The highest BCUT2D eigenvalue weighted by Gasteiger charge is 2.44. The Labute approximate surface area is 81.1 Å². The van der Waals surface area contributed by atoms with Crippen molar-refractivity contribution in [1.82, 2.24) is 0 Å². The predicted octanol–water partition coefficient (Wildman–Crippen LogP) is -1.62. The van der Waals surface area contributed by atoms with E-state index in [0.29, 0.717) is 0 Å². The van der Waals surface area contributed by atoms with Crippen molar-refractivity contribution in [2.24, 2.45) is 0 Å². The van der Waals surface area contributed by atoms with Crippen LogP contribution < -0.4 is 0 Å². The summed E-state index contributed by atoms with van der Waals surface area (Å²) in [6.45, 7) is 2.67. The second-order valence-electron chi connectivity index (χ2n) is 3.29. The number of aliphatic hydroxyl groups excluding tert-OH is 3. The number of aliphatic hydroxyl groups is 3. The zero-order chi connectivity index (χ0) is 10.9. The van der Waals surface area contributed by atoms with E-state index in [1.54, 1.807) is 0 Å². The first kappa shape index (κ1) is 11.4. The van der Waals surface area contributed by atoms with Crippen molar-refractivity contribution in [3.05, 3.63) is 0 Å².